The average molecular weight is 574 g/mol. The number of nitriles is 1. The topological polar surface area (TPSA) is 123 Å². The Labute approximate surface area is 235 Å². The lowest BCUT2D eigenvalue weighted by molar-refractivity contribution is -0.151. The number of aromatic amines is 1. The molecule has 0 unspecified atom stereocenters. The quantitative estimate of drug-likeness (QED) is 0.294. The van der Waals surface area contributed by atoms with Gasteiger partial charge in [-0.2, -0.15) is 5.26 Å². The molecule has 2 heterocycles. The first-order valence-electron chi connectivity index (χ1n) is 13.3. The van der Waals surface area contributed by atoms with Crippen molar-refractivity contribution < 1.29 is 18.7 Å². The molecule has 1 aromatic heterocycles. The van der Waals surface area contributed by atoms with Crippen molar-refractivity contribution in [2.24, 2.45) is 0 Å². The van der Waals surface area contributed by atoms with E-state index in [4.69, 9.17) is 13.9 Å². The van der Waals surface area contributed by atoms with Gasteiger partial charge in [-0.1, -0.05) is 59.7 Å². The van der Waals surface area contributed by atoms with Crippen molar-refractivity contribution in [2.75, 3.05) is 6.61 Å². The van der Waals surface area contributed by atoms with E-state index < -0.39 is 48.7 Å². The second-order valence-corrected chi connectivity index (χ2v) is 17.8. The molecule has 11 heteroatoms. The van der Waals surface area contributed by atoms with Crippen molar-refractivity contribution in [3.63, 3.8) is 0 Å². The summed E-state index contributed by atoms with van der Waals surface area (Å²) >= 11 is 1.32. The van der Waals surface area contributed by atoms with Gasteiger partial charge >= 0.3 is 11.7 Å². The Morgan fingerprint density at radius 2 is 1.74 bits per heavy atom. The molecule has 1 N–H and O–H groups in total. The van der Waals surface area contributed by atoms with Gasteiger partial charge in [0.1, 0.15) is 10.9 Å². The number of hydrogen-bond donors (Lipinski definition) is 1. The Balaban J connectivity index is 2.18. The molecule has 1 aliphatic heterocycles. The summed E-state index contributed by atoms with van der Waals surface area (Å²) in [4.78, 5) is 40.4. The molecule has 4 atom stereocenters. The minimum atomic E-state index is -2.33. The van der Waals surface area contributed by atoms with Crippen LogP contribution in [-0.4, -0.2) is 47.4 Å². The highest BCUT2D eigenvalue weighted by molar-refractivity contribution is 8.00. The maximum Gasteiger partial charge on any atom is 0.330 e. The fourth-order valence-corrected chi connectivity index (χ4v) is 13.0. The summed E-state index contributed by atoms with van der Waals surface area (Å²) in [6, 6.07) is 12.9. The first kappa shape index (κ1) is 30.9. The van der Waals surface area contributed by atoms with Crippen LogP contribution in [0.4, 0.5) is 0 Å². The second kappa shape index (κ2) is 12.7. The number of ether oxygens (including phenoxy) is 2. The summed E-state index contributed by atoms with van der Waals surface area (Å²) in [5.74, 6) is -0.529. The largest absolute Gasteiger partial charge is 0.458 e. The molecule has 3 rings (SSSR count). The molecule has 2 aromatic rings. The Morgan fingerprint density at radius 3 is 2.26 bits per heavy atom. The van der Waals surface area contributed by atoms with Crippen LogP contribution < -0.4 is 11.2 Å². The molecule has 0 amide bonds. The van der Waals surface area contributed by atoms with Crippen molar-refractivity contribution in [3.8, 4) is 6.07 Å². The number of esters is 1. The summed E-state index contributed by atoms with van der Waals surface area (Å²) < 4.78 is 19.4. The number of benzene rings is 1. The van der Waals surface area contributed by atoms with Gasteiger partial charge in [-0.15, -0.1) is 11.8 Å². The number of carbonyl (C=O) groups is 1. The predicted octanol–water partition coefficient (Wildman–Crippen LogP) is 5.00. The van der Waals surface area contributed by atoms with Crippen LogP contribution in [0.15, 0.2) is 57.1 Å². The molecule has 0 radical (unpaired) electrons. The summed E-state index contributed by atoms with van der Waals surface area (Å²) in [5, 5.41) is 10.0. The smallest absolute Gasteiger partial charge is 0.330 e. The SMILES string of the molecule is CC(=O)O[C@@H]1[C@@H](CO[Si](C(C)C)(C(C)C)C(C)C)O[C@@H](n2ccc(=O)[nH]c2=O)[C@]1(CC#N)Sc1ccccc1. The summed E-state index contributed by atoms with van der Waals surface area (Å²) in [6.45, 7) is 14.5. The highest BCUT2D eigenvalue weighted by Gasteiger charge is 2.61. The van der Waals surface area contributed by atoms with Crippen LogP contribution in [0.2, 0.25) is 16.6 Å². The standard InChI is InChI=1S/C28H39N3O6SSi/c1-18(2)39(19(3)4,20(5)6)35-17-23-25(36-21(7)32)28(14-15-29,38-22-11-9-8-10-12-22)26(37-23)31-16-13-24(33)30-27(31)34/h8-13,16,18-20,23,25-26H,14,17H2,1-7H3,(H,30,33,34)/t23-,25-,26-,28-/m1/s1. The molecule has 9 nitrogen and oxygen atoms in total. The van der Waals surface area contributed by atoms with Gasteiger partial charge in [-0.3, -0.25) is 19.1 Å². The Hall–Kier alpha value is -2.65. The van der Waals surface area contributed by atoms with Crippen LogP contribution in [0, 0.1) is 11.3 Å². The molecular weight excluding hydrogens is 534 g/mol. The van der Waals surface area contributed by atoms with Crippen LogP contribution in [0.5, 0.6) is 0 Å². The van der Waals surface area contributed by atoms with Crippen molar-refractivity contribution in [1.82, 2.24) is 9.55 Å². The minimum Gasteiger partial charge on any atom is -0.458 e. The van der Waals surface area contributed by atoms with Crippen molar-refractivity contribution in [1.29, 1.82) is 5.26 Å². The summed E-state index contributed by atoms with van der Waals surface area (Å²) in [5.41, 5.74) is -0.292. The number of thioether (sulfide) groups is 1. The van der Waals surface area contributed by atoms with E-state index in [1.54, 1.807) is 0 Å². The molecule has 1 aliphatic rings. The summed E-state index contributed by atoms with van der Waals surface area (Å²) in [6.07, 6.45) is -1.45. The first-order chi connectivity index (χ1) is 18.4. The van der Waals surface area contributed by atoms with Gasteiger partial charge < -0.3 is 13.9 Å². The molecular formula is C28H39N3O6SSi. The van der Waals surface area contributed by atoms with Gasteiger partial charge in [0.15, 0.2) is 20.6 Å². The number of aromatic nitrogens is 2. The molecule has 212 valence electrons. The Morgan fingerprint density at radius 1 is 1.13 bits per heavy atom. The molecule has 1 saturated heterocycles. The highest BCUT2D eigenvalue weighted by Crippen LogP contribution is 2.54. The number of carbonyl (C=O) groups excluding carboxylic acids is 1. The molecule has 0 aliphatic carbocycles. The lowest BCUT2D eigenvalue weighted by atomic mass is 9.95. The molecule has 0 saturated carbocycles. The third-order valence-corrected chi connectivity index (χ3v) is 15.1. The van der Waals surface area contributed by atoms with Crippen molar-refractivity contribution >= 4 is 26.0 Å². The van der Waals surface area contributed by atoms with E-state index >= 15 is 0 Å². The maximum absolute atomic E-state index is 13.0. The first-order valence-corrected chi connectivity index (χ1v) is 16.2. The van der Waals surface area contributed by atoms with Crippen LogP contribution in [-0.2, 0) is 18.7 Å². The second-order valence-electron chi connectivity index (χ2n) is 10.9. The van der Waals surface area contributed by atoms with Crippen LogP contribution in [0.3, 0.4) is 0 Å². The third-order valence-electron chi connectivity index (χ3n) is 7.55. The van der Waals surface area contributed by atoms with Crippen LogP contribution in [0.25, 0.3) is 0 Å². The number of rotatable bonds is 11. The van der Waals surface area contributed by atoms with Gasteiger partial charge in [0.05, 0.1) is 19.1 Å². The van der Waals surface area contributed by atoms with E-state index in [1.165, 1.54) is 35.5 Å². The van der Waals surface area contributed by atoms with E-state index in [9.17, 15) is 19.6 Å². The van der Waals surface area contributed by atoms with Crippen LogP contribution in [0.1, 0.15) is 61.1 Å². The Bertz CT molecular complexity index is 1270. The van der Waals surface area contributed by atoms with E-state index in [2.05, 4.69) is 52.6 Å². The van der Waals surface area contributed by atoms with E-state index in [1.807, 2.05) is 30.3 Å². The minimum absolute atomic E-state index is 0.0989. The maximum atomic E-state index is 13.0. The fourth-order valence-electron chi connectivity index (χ4n) is 6.09. The zero-order valence-corrected chi connectivity index (χ0v) is 25.5. The highest BCUT2D eigenvalue weighted by atomic mass is 32.2. The fraction of sp³-hybridized carbons (Fsp3) is 0.571. The monoisotopic (exact) mass is 573 g/mol. The van der Waals surface area contributed by atoms with E-state index in [-0.39, 0.29) is 13.0 Å². The van der Waals surface area contributed by atoms with Gasteiger partial charge in [-0.05, 0) is 28.8 Å². The summed E-state index contributed by atoms with van der Waals surface area (Å²) in [7, 11) is -2.33. The third kappa shape index (κ3) is 6.24. The molecule has 1 aromatic carbocycles. The molecule has 39 heavy (non-hydrogen) atoms. The number of nitrogens with one attached hydrogen (secondary N) is 1. The van der Waals surface area contributed by atoms with Gasteiger partial charge in [0.25, 0.3) is 5.56 Å². The number of H-pyrrole nitrogens is 1. The lowest BCUT2D eigenvalue weighted by Gasteiger charge is -2.43. The van der Waals surface area contributed by atoms with Gasteiger partial charge in [0.2, 0.25) is 0 Å². The number of nitrogens with zero attached hydrogens (tertiary/aromatic N) is 2. The average Bonchev–Trinajstić information content (AvgIpc) is 3.11. The van der Waals surface area contributed by atoms with E-state index in [0.29, 0.717) is 16.6 Å². The zero-order chi connectivity index (χ0) is 29.0. The molecule has 1 fully saturated rings. The van der Waals surface area contributed by atoms with Crippen molar-refractivity contribution in [2.45, 2.75) is 99.6 Å². The normalized spacial score (nSPS) is 23.4. The van der Waals surface area contributed by atoms with E-state index in [0.717, 1.165) is 4.90 Å². The molecule has 0 bridgehead atoms. The zero-order valence-electron chi connectivity index (χ0n) is 23.7. The Kier molecular flexibility index (Phi) is 10.0. The van der Waals surface area contributed by atoms with Crippen LogP contribution >= 0.6 is 11.8 Å². The lowest BCUT2D eigenvalue weighted by Crippen LogP contribution is -2.52. The predicted molar refractivity (Wildman–Crippen MR) is 153 cm³/mol. The van der Waals surface area contributed by atoms with Gasteiger partial charge in [-0.25, -0.2) is 4.79 Å². The number of hydrogen-bond acceptors (Lipinski definition) is 8. The molecule has 0 spiro atoms. The van der Waals surface area contributed by atoms with Crippen molar-refractivity contribution in [3.05, 3.63) is 63.4 Å². The van der Waals surface area contributed by atoms with Gasteiger partial charge in [0, 0.05) is 24.1 Å².